The number of hydrogen-bond acceptors (Lipinski definition) is 5. The van der Waals surface area contributed by atoms with E-state index in [1.807, 2.05) is 0 Å². The molecule has 0 atom stereocenters. The van der Waals surface area contributed by atoms with Crippen LogP contribution in [0, 0.1) is 0 Å². The van der Waals surface area contributed by atoms with Gasteiger partial charge in [0.2, 0.25) is 6.08 Å². The summed E-state index contributed by atoms with van der Waals surface area (Å²) in [5, 5.41) is 8.14. The molecule has 0 fully saturated rings. The van der Waals surface area contributed by atoms with E-state index in [0.29, 0.717) is 12.0 Å². The second kappa shape index (κ2) is 14.1. The van der Waals surface area contributed by atoms with E-state index in [-0.39, 0.29) is 13.2 Å². The van der Waals surface area contributed by atoms with Crippen LogP contribution in [0.25, 0.3) is 0 Å². The van der Waals surface area contributed by atoms with E-state index in [1.54, 1.807) is 6.92 Å². The van der Waals surface area contributed by atoms with Crippen molar-refractivity contribution in [3.8, 4) is 0 Å². The van der Waals surface area contributed by atoms with Crippen molar-refractivity contribution >= 4 is 18.0 Å². The highest BCUT2D eigenvalue weighted by molar-refractivity contribution is 5.86. The van der Waals surface area contributed by atoms with Crippen molar-refractivity contribution < 1.29 is 24.2 Å². The molecule has 0 aliphatic heterocycles. The zero-order valence-electron chi connectivity index (χ0n) is 11.5. The minimum Gasteiger partial charge on any atom is -0.481 e. The van der Waals surface area contributed by atoms with Gasteiger partial charge in [-0.3, -0.25) is 4.79 Å². The van der Waals surface area contributed by atoms with Gasteiger partial charge in [-0.1, -0.05) is 26.3 Å². The number of nitrogens with zero attached hydrogens (tertiary/aromatic N) is 1. The van der Waals surface area contributed by atoms with Crippen LogP contribution in [0.2, 0.25) is 0 Å². The number of isocyanates is 1. The molecule has 0 spiro atoms. The summed E-state index contributed by atoms with van der Waals surface area (Å²) in [6.45, 7) is 7.23. The van der Waals surface area contributed by atoms with Crippen LogP contribution >= 0.6 is 0 Å². The Labute approximate surface area is 113 Å². The third-order valence-corrected chi connectivity index (χ3v) is 1.84. The molecule has 19 heavy (non-hydrogen) atoms. The van der Waals surface area contributed by atoms with Crippen molar-refractivity contribution in [2.75, 3.05) is 13.2 Å². The Hall–Kier alpha value is -1.94. The Balaban J connectivity index is 0. The van der Waals surface area contributed by atoms with Gasteiger partial charge in [-0.15, -0.1) is 0 Å². The molecule has 0 radical (unpaired) electrons. The van der Waals surface area contributed by atoms with Crippen molar-refractivity contribution in [3.05, 3.63) is 12.2 Å². The van der Waals surface area contributed by atoms with Crippen LogP contribution in [0.4, 0.5) is 0 Å². The zero-order chi connectivity index (χ0) is 15.1. The Kier molecular flexibility index (Phi) is 14.4. The predicted molar refractivity (Wildman–Crippen MR) is 70.5 cm³/mol. The quantitative estimate of drug-likeness (QED) is 0.240. The number of aliphatic imine (C=N–C) groups is 1. The zero-order valence-corrected chi connectivity index (χ0v) is 11.5. The fraction of sp³-hybridized carbons (Fsp3) is 0.615. The summed E-state index contributed by atoms with van der Waals surface area (Å²) in [4.78, 5) is 33.2. The minimum absolute atomic E-state index is 0.0981. The number of unbranched alkanes of at least 4 members (excludes halogenated alkanes) is 2. The van der Waals surface area contributed by atoms with Gasteiger partial charge in [0.05, 0.1) is 6.54 Å². The first-order valence-electron chi connectivity index (χ1n) is 6.03. The van der Waals surface area contributed by atoms with Crippen LogP contribution in [-0.2, 0) is 19.1 Å². The largest absolute Gasteiger partial charge is 0.481 e. The van der Waals surface area contributed by atoms with Gasteiger partial charge in [0.15, 0.2) is 0 Å². The van der Waals surface area contributed by atoms with Gasteiger partial charge in [0.25, 0.3) is 0 Å². The van der Waals surface area contributed by atoms with Gasteiger partial charge >= 0.3 is 11.9 Å². The fourth-order valence-corrected chi connectivity index (χ4v) is 0.879. The van der Waals surface area contributed by atoms with E-state index in [2.05, 4.69) is 23.2 Å². The van der Waals surface area contributed by atoms with Crippen LogP contribution < -0.4 is 0 Å². The molecular weight excluding hydrogens is 250 g/mol. The highest BCUT2D eigenvalue weighted by Gasteiger charge is 2.00. The number of esters is 1. The fourth-order valence-electron chi connectivity index (χ4n) is 0.879. The Bertz CT molecular complexity index is 332. The summed E-state index contributed by atoms with van der Waals surface area (Å²) in [7, 11) is 0. The van der Waals surface area contributed by atoms with E-state index >= 15 is 0 Å². The van der Waals surface area contributed by atoms with Gasteiger partial charge < -0.3 is 9.84 Å². The number of carbonyl (C=O) groups excluding carboxylic acids is 2. The van der Waals surface area contributed by atoms with Gasteiger partial charge in [-0.2, -0.15) is 0 Å². The maximum absolute atomic E-state index is 10.6. The van der Waals surface area contributed by atoms with Crippen molar-refractivity contribution in [2.45, 2.75) is 39.5 Å². The summed E-state index contributed by atoms with van der Waals surface area (Å²) >= 11 is 0. The monoisotopic (exact) mass is 271 g/mol. The summed E-state index contributed by atoms with van der Waals surface area (Å²) in [5.41, 5.74) is 0.333. The predicted octanol–water partition coefficient (Wildman–Crippen LogP) is 2.09. The van der Waals surface area contributed by atoms with E-state index in [0.717, 1.165) is 19.3 Å². The number of carboxylic acids is 1. The molecule has 1 N–H and O–H groups in total. The summed E-state index contributed by atoms with van der Waals surface area (Å²) in [6, 6.07) is 0. The SMILES string of the molecule is C=C(C)C(=O)OCCN=C=O.CCCCCC(=O)O. The third-order valence-electron chi connectivity index (χ3n) is 1.84. The molecule has 0 aromatic carbocycles. The molecule has 0 rings (SSSR count). The van der Waals surface area contributed by atoms with Crippen LogP contribution in [-0.4, -0.2) is 36.3 Å². The molecule has 6 heteroatoms. The minimum atomic E-state index is -0.682. The first-order valence-corrected chi connectivity index (χ1v) is 6.03. The Morgan fingerprint density at radius 1 is 1.37 bits per heavy atom. The smallest absolute Gasteiger partial charge is 0.333 e. The van der Waals surface area contributed by atoms with Crippen molar-refractivity contribution in [1.29, 1.82) is 0 Å². The van der Waals surface area contributed by atoms with Crippen molar-refractivity contribution in [2.24, 2.45) is 4.99 Å². The molecule has 0 aliphatic carbocycles. The van der Waals surface area contributed by atoms with E-state index in [4.69, 9.17) is 5.11 Å². The molecule has 0 amide bonds. The van der Waals surface area contributed by atoms with Crippen LogP contribution in [0.3, 0.4) is 0 Å². The number of carbonyl (C=O) groups is 2. The van der Waals surface area contributed by atoms with Crippen molar-refractivity contribution in [1.82, 2.24) is 0 Å². The number of hydrogen-bond donors (Lipinski definition) is 1. The lowest BCUT2D eigenvalue weighted by Gasteiger charge is -1.99. The Morgan fingerprint density at radius 2 is 2.00 bits per heavy atom. The topological polar surface area (TPSA) is 93.0 Å². The molecule has 0 saturated carbocycles. The Morgan fingerprint density at radius 3 is 2.42 bits per heavy atom. The molecule has 0 aromatic heterocycles. The number of rotatable bonds is 8. The molecule has 0 aromatic rings. The second-order valence-electron chi connectivity index (χ2n) is 3.74. The van der Waals surface area contributed by atoms with Gasteiger partial charge in [-0.05, 0) is 13.3 Å². The molecule has 0 unspecified atom stereocenters. The molecule has 108 valence electrons. The van der Waals surface area contributed by atoms with E-state index < -0.39 is 11.9 Å². The molecular formula is C13H21NO5. The first-order chi connectivity index (χ1) is 8.95. The van der Waals surface area contributed by atoms with E-state index in [9.17, 15) is 14.4 Å². The normalized spacial score (nSPS) is 8.53. The molecule has 0 bridgehead atoms. The summed E-state index contributed by atoms with van der Waals surface area (Å²) in [5.74, 6) is -1.15. The summed E-state index contributed by atoms with van der Waals surface area (Å²) in [6.07, 6.45) is 4.61. The van der Waals surface area contributed by atoms with Crippen LogP contribution in [0.1, 0.15) is 39.5 Å². The van der Waals surface area contributed by atoms with Gasteiger partial charge in [0, 0.05) is 12.0 Å². The van der Waals surface area contributed by atoms with Gasteiger partial charge in [-0.25, -0.2) is 14.6 Å². The van der Waals surface area contributed by atoms with E-state index in [1.165, 1.54) is 6.08 Å². The maximum atomic E-state index is 10.6. The highest BCUT2D eigenvalue weighted by atomic mass is 16.5. The third kappa shape index (κ3) is 18.6. The summed E-state index contributed by atoms with van der Waals surface area (Å²) < 4.78 is 4.59. The lowest BCUT2D eigenvalue weighted by Crippen LogP contribution is -2.07. The molecule has 0 aliphatic rings. The lowest BCUT2D eigenvalue weighted by molar-refractivity contribution is -0.139. The number of ether oxygens (including phenoxy) is 1. The van der Waals surface area contributed by atoms with Gasteiger partial charge in [0.1, 0.15) is 6.61 Å². The van der Waals surface area contributed by atoms with Crippen LogP contribution in [0.15, 0.2) is 17.1 Å². The highest BCUT2D eigenvalue weighted by Crippen LogP contribution is 1.97. The average Bonchev–Trinajstić information content (AvgIpc) is 2.35. The van der Waals surface area contributed by atoms with Crippen LogP contribution in [0.5, 0.6) is 0 Å². The first kappa shape index (κ1) is 19.4. The number of carboxylic acid groups (broad SMARTS) is 1. The standard InChI is InChI=1S/C7H9NO3.C6H12O2/c1-6(2)7(10)11-4-3-8-5-9;1-2-3-4-5-6(7)8/h1,3-4H2,2H3;2-5H2,1H3,(H,7,8). The average molecular weight is 271 g/mol. The lowest BCUT2D eigenvalue weighted by atomic mass is 10.2. The second-order valence-corrected chi connectivity index (χ2v) is 3.74. The molecule has 0 saturated heterocycles. The maximum Gasteiger partial charge on any atom is 0.333 e. The molecule has 0 heterocycles. The van der Waals surface area contributed by atoms with Crippen molar-refractivity contribution in [3.63, 3.8) is 0 Å². The molecule has 6 nitrogen and oxygen atoms in total. The number of aliphatic carboxylic acids is 1.